The van der Waals surface area contributed by atoms with Gasteiger partial charge in [-0.3, -0.25) is 4.90 Å². The third-order valence-corrected chi connectivity index (χ3v) is 4.78. The number of hydrogen-bond donors (Lipinski definition) is 1. The minimum Gasteiger partial charge on any atom is -0.309 e. The van der Waals surface area contributed by atoms with Gasteiger partial charge in [0.05, 0.1) is 0 Å². The molecule has 2 atom stereocenters. The van der Waals surface area contributed by atoms with E-state index in [0.717, 1.165) is 19.6 Å². The van der Waals surface area contributed by atoms with Crippen LogP contribution in [-0.4, -0.2) is 29.6 Å². The lowest BCUT2D eigenvalue weighted by Crippen LogP contribution is -2.62. The van der Waals surface area contributed by atoms with Crippen molar-refractivity contribution in [2.45, 2.75) is 51.7 Å². The van der Waals surface area contributed by atoms with E-state index in [-0.39, 0.29) is 0 Å². The molecular formula is C14H24N2S. The highest BCUT2D eigenvalue weighted by atomic mass is 32.1. The van der Waals surface area contributed by atoms with Crippen LogP contribution in [0.2, 0.25) is 0 Å². The Bertz CT molecular complexity index is 336. The van der Waals surface area contributed by atoms with E-state index in [4.69, 9.17) is 0 Å². The maximum absolute atomic E-state index is 3.72. The van der Waals surface area contributed by atoms with Crippen LogP contribution in [0.3, 0.4) is 0 Å². The first kappa shape index (κ1) is 13.1. The lowest BCUT2D eigenvalue weighted by Gasteiger charge is -2.46. The van der Waals surface area contributed by atoms with E-state index < -0.39 is 0 Å². The number of rotatable bonds is 4. The van der Waals surface area contributed by atoms with Crippen molar-refractivity contribution in [2.24, 2.45) is 0 Å². The van der Waals surface area contributed by atoms with Crippen LogP contribution in [-0.2, 0) is 6.54 Å². The van der Waals surface area contributed by atoms with Crippen LogP contribution in [0.1, 0.15) is 39.2 Å². The standard InChI is InChI=1S/C14H24N2S/c1-4-13-8-15-14(3,5-2)11-16(13)9-12-6-7-17-10-12/h6-7,10,13,15H,4-5,8-9,11H2,1-3H3. The predicted octanol–water partition coefficient (Wildman–Crippen LogP) is 3.10. The normalized spacial score (nSPS) is 30.6. The lowest BCUT2D eigenvalue weighted by atomic mass is 9.92. The van der Waals surface area contributed by atoms with Crippen molar-refractivity contribution in [1.29, 1.82) is 0 Å². The fourth-order valence-electron chi connectivity index (χ4n) is 2.57. The first-order valence-corrected chi connectivity index (χ1v) is 7.61. The molecule has 0 spiro atoms. The van der Waals surface area contributed by atoms with Gasteiger partial charge in [-0.25, -0.2) is 0 Å². The Kier molecular flexibility index (Phi) is 4.23. The predicted molar refractivity (Wildman–Crippen MR) is 75.5 cm³/mol. The summed E-state index contributed by atoms with van der Waals surface area (Å²) in [6.45, 7) is 10.3. The van der Waals surface area contributed by atoms with Crippen LogP contribution in [0.5, 0.6) is 0 Å². The summed E-state index contributed by atoms with van der Waals surface area (Å²) in [5.41, 5.74) is 1.76. The van der Waals surface area contributed by atoms with Crippen molar-refractivity contribution < 1.29 is 0 Å². The Morgan fingerprint density at radius 1 is 1.53 bits per heavy atom. The lowest BCUT2D eigenvalue weighted by molar-refractivity contribution is 0.0756. The van der Waals surface area contributed by atoms with Crippen molar-refractivity contribution in [1.82, 2.24) is 10.2 Å². The second kappa shape index (κ2) is 5.51. The fourth-order valence-corrected chi connectivity index (χ4v) is 3.23. The topological polar surface area (TPSA) is 15.3 Å². The Morgan fingerprint density at radius 3 is 2.94 bits per heavy atom. The van der Waals surface area contributed by atoms with Crippen LogP contribution in [0.4, 0.5) is 0 Å². The third kappa shape index (κ3) is 3.09. The van der Waals surface area contributed by atoms with Crippen molar-refractivity contribution in [3.05, 3.63) is 22.4 Å². The molecule has 1 aliphatic heterocycles. The molecule has 1 aliphatic rings. The van der Waals surface area contributed by atoms with Gasteiger partial charge < -0.3 is 5.32 Å². The summed E-state index contributed by atoms with van der Waals surface area (Å²) in [6.07, 6.45) is 2.43. The quantitative estimate of drug-likeness (QED) is 0.886. The molecule has 0 bridgehead atoms. The fraction of sp³-hybridized carbons (Fsp3) is 0.714. The molecule has 0 aliphatic carbocycles. The summed E-state index contributed by atoms with van der Waals surface area (Å²) in [7, 11) is 0. The second-order valence-corrected chi connectivity index (χ2v) is 6.17. The van der Waals surface area contributed by atoms with Gasteiger partial charge in [0, 0.05) is 31.2 Å². The molecule has 2 heterocycles. The van der Waals surface area contributed by atoms with E-state index in [1.54, 1.807) is 11.3 Å². The molecular weight excluding hydrogens is 228 g/mol. The first-order valence-electron chi connectivity index (χ1n) is 6.67. The summed E-state index contributed by atoms with van der Waals surface area (Å²) in [5, 5.41) is 8.17. The summed E-state index contributed by atoms with van der Waals surface area (Å²) >= 11 is 1.80. The van der Waals surface area contributed by atoms with Gasteiger partial charge in [-0.05, 0) is 42.2 Å². The molecule has 1 N–H and O–H groups in total. The van der Waals surface area contributed by atoms with Crippen LogP contribution in [0.25, 0.3) is 0 Å². The zero-order valence-electron chi connectivity index (χ0n) is 11.2. The summed E-state index contributed by atoms with van der Waals surface area (Å²) < 4.78 is 0. The highest BCUT2D eigenvalue weighted by Crippen LogP contribution is 2.22. The van der Waals surface area contributed by atoms with Crippen molar-refractivity contribution in [3.63, 3.8) is 0 Å². The summed E-state index contributed by atoms with van der Waals surface area (Å²) in [5.74, 6) is 0. The van der Waals surface area contributed by atoms with Crippen molar-refractivity contribution in [2.75, 3.05) is 13.1 Å². The van der Waals surface area contributed by atoms with E-state index in [0.29, 0.717) is 11.6 Å². The zero-order chi connectivity index (χ0) is 12.3. The molecule has 2 unspecified atom stereocenters. The minimum absolute atomic E-state index is 0.293. The average molecular weight is 252 g/mol. The molecule has 1 saturated heterocycles. The summed E-state index contributed by atoms with van der Waals surface area (Å²) in [4.78, 5) is 2.65. The van der Waals surface area contributed by atoms with Gasteiger partial charge in [-0.1, -0.05) is 13.8 Å². The largest absolute Gasteiger partial charge is 0.309 e. The maximum atomic E-state index is 3.72. The smallest absolute Gasteiger partial charge is 0.0278 e. The molecule has 96 valence electrons. The molecule has 0 radical (unpaired) electrons. The molecule has 1 aromatic heterocycles. The monoisotopic (exact) mass is 252 g/mol. The van der Waals surface area contributed by atoms with E-state index >= 15 is 0 Å². The maximum Gasteiger partial charge on any atom is 0.0278 e. The third-order valence-electron chi connectivity index (χ3n) is 4.05. The SMILES string of the molecule is CCC1CNC(C)(CC)CN1Cc1ccsc1. The Labute approximate surface area is 109 Å². The van der Waals surface area contributed by atoms with Crippen molar-refractivity contribution in [3.8, 4) is 0 Å². The second-order valence-electron chi connectivity index (χ2n) is 5.39. The van der Waals surface area contributed by atoms with E-state index in [1.165, 1.54) is 18.4 Å². The Balaban J connectivity index is 2.05. The van der Waals surface area contributed by atoms with Gasteiger partial charge in [0.1, 0.15) is 0 Å². The van der Waals surface area contributed by atoms with Gasteiger partial charge >= 0.3 is 0 Å². The Morgan fingerprint density at radius 2 is 2.35 bits per heavy atom. The highest BCUT2D eigenvalue weighted by molar-refractivity contribution is 7.07. The van der Waals surface area contributed by atoms with Gasteiger partial charge in [0.25, 0.3) is 0 Å². The van der Waals surface area contributed by atoms with Gasteiger partial charge in [-0.15, -0.1) is 0 Å². The molecule has 1 fully saturated rings. The van der Waals surface area contributed by atoms with Gasteiger partial charge in [0.15, 0.2) is 0 Å². The molecule has 2 rings (SSSR count). The highest BCUT2D eigenvalue weighted by Gasteiger charge is 2.33. The van der Waals surface area contributed by atoms with E-state index in [1.807, 2.05) is 0 Å². The molecule has 0 aromatic carbocycles. The van der Waals surface area contributed by atoms with E-state index in [9.17, 15) is 0 Å². The molecule has 2 nitrogen and oxygen atoms in total. The number of hydrogen-bond acceptors (Lipinski definition) is 3. The number of piperazine rings is 1. The minimum atomic E-state index is 0.293. The van der Waals surface area contributed by atoms with Crippen LogP contribution in [0, 0.1) is 0 Å². The number of thiophene rings is 1. The van der Waals surface area contributed by atoms with Crippen LogP contribution >= 0.6 is 11.3 Å². The molecule has 0 saturated carbocycles. The van der Waals surface area contributed by atoms with Crippen LogP contribution in [0.15, 0.2) is 16.8 Å². The average Bonchev–Trinajstić information content (AvgIpc) is 2.82. The Hall–Kier alpha value is -0.380. The van der Waals surface area contributed by atoms with Gasteiger partial charge in [-0.2, -0.15) is 11.3 Å². The van der Waals surface area contributed by atoms with Crippen LogP contribution < -0.4 is 5.32 Å². The zero-order valence-corrected chi connectivity index (χ0v) is 12.0. The van der Waals surface area contributed by atoms with Gasteiger partial charge in [0.2, 0.25) is 0 Å². The van der Waals surface area contributed by atoms with Crippen molar-refractivity contribution >= 4 is 11.3 Å². The number of nitrogens with zero attached hydrogens (tertiary/aromatic N) is 1. The molecule has 17 heavy (non-hydrogen) atoms. The first-order chi connectivity index (χ1) is 8.17. The number of nitrogens with one attached hydrogen (secondary N) is 1. The molecule has 3 heteroatoms. The molecule has 1 aromatic rings. The molecule has 0 amide bonds. The summed E-state index contributed by atoms with van der Waals surface area (Å²) in [6, 6.07) is 2.94. The van der Waals surface area contributed by atoms with E-state index in [2.05, 4.69) is 47.8 Å².